The lowest BCUT2D eigenvalue weighted by Crippen LogP contribution is -2.15. The van der Waals surface area contributed by atoms with Crippen LogP contribution < -0.4 is 5.32 Å². The average molecular weight is 447 g/mol. The van der Waals surface area contributed by atoms with Crippen molar-refractivity contribution in [3.8, 4) is 0 Å². The number of amides is 1. The average Bonchev–Trinajstić information content (AvgIpc) is 3.12. The summed E-state index contributed by atoms with van der Waals surface area (Å²) in [6.07, 6.45) is -3.35. The van der Waals surface area contributed by atoms with Crippen molar-refractivity contribution in [1.82, 2.24) is 24.5 Å². The number of carbonyl (C=O) groups excluding carboxylic acids is 1. The van der Waals surface area contributed by atoms with Crippen LogP contribution in [-0.2, 0) is 19.8 Å². The summed E-state index contributed by atoms with van der Waals surface area (Å²) in [5.41, 5.74) is -0.774. The van der Waals surface area contributed by atoms with Gasteiger partial charge >= 0.3 is 6.18 Å². The Hall–Kier alpha value is -2.76. The number of benzene rings is 1. The molecule has 0 fully saturated rings. The molecule has 12 heteroatoms. The van der Waals surface area contributed by atoms with Crippen LogP contribution in [0.3, 0.4) is 0 Å². The number of nitrogens with one attached hydrogen (secondary N) is 1. The Balaban J connectivity index is 1.74. The normalized spacial score (nSPS) is 11.6. The third-order valence-electron chi connectivity index (χ3n) is 3.49. The lowest BCUT2D eigenvalue weighted by atomic mass is 10.2. The number of halogens is 5. The van der Waals surface area contributed by atoms with E-state index in [-0.39, 0.29) is 18.3 Å². The predicted octanol–water partition coefficient (Wildman–Crippen LogP) is 3.23. The quantitative estimate of drug-likeness (QED) is 0.624. The number of carbonyl (C=O) groups is 1. The van der Waals surface area contributed by atoms with E-state index in [1.807, 2.05) is 0 Å². The van der Waals surface area contributed by atoms with E-state index in [2.05, 4.69) is 36.4 Å². The molecule has 2 aromatic heterocycles. The number of aromatic nitrogens is 5. The zero-order valence-electron chi connectivity index (χ0n) is 13.6. The van der Waals surface area contributed by atoms with Gasteiger partial charge in [0, 0.05) is 7.05 Å². The van der Waals surface area contributed by atoms with Gasteiger partial charge < -0.3 is 0 Å². The molecule has 3 rings (SSSR count). The molecule has 1 N–H and O–H groups in total. The first-order chi connectivity index (χ1) is 12.6. The molecule has 3 aromatic rings. The Morgan fingerprint density at radius 3 is 2.48 bits per heavy atom. The van der Waals surface area contributed by atoms with Crippen molar-refractivity contribution in [2.75, 3.05) is 5.32 Å². The first kappa shape index (κ1) is 19.0. The van der Waals surface area contributed by atoms with Gasteiger partial charge in [-0.2, -0.15) is 18.3 Å². The van der Waals surface area contributed by atoms with Crippen LogP contribution in [0.1, 0.15) is 21.7 Å². The van der Waals surface area contributed by atoms with E-state index in [4.69, 9.17) is 0 Å². The number of aryl methyl sites for hydroxylation is 1. The van der Waals surface area contributed by atoms with Gasteiger partial charge in [0.1, 0.15) is 12.1 Å². The largest absolute Gasteiger partial charge is 0.434 e. The fraction of sp³-hybridized carbons (Fsp3) is 0.200. The molecule has 2 heterocycles. The number of nitrogens with zero attached hydrogens (tertiary/aromatic N) is 5. The van der Waals surface area contributed by atoms with Gasteiger partial charge in [0.15, 0.2) is 11.4 Å². The van der Waals surface area contributed by atoms with Gasteiger partial charge in [0.25, 0.3) is 5.91 Å². The molecule has 7 nitrogen and oxygen atoms in total. The molecule has 142 valence electrons. The Bertz CT molecular complexity index is 979. The Labute approximate surface area is 158 Å². The summed E-state index contributed by atoms with van der Waals surface area (Å²) < 4.78 is 53.3. The molecular weight excluding hydrogens is 436 g/mol. The highest BCUT2D eigenvalue weighted by Gasteiger charge is 2.39. The first-order valence-electron chi connectivity index (χ1n) is 7.40. The first-order valence-corrected chi connectivity index (χ1v) is 8.19. The third kappa shape index (κ3) is 4.15. The lowest BCUT2D eigenvalue weighted by molar-refractivity contribution is -0.144. The Morgan fingerprint density at radius 2 is 1.89 bits per heavy atom. The summed E-state index contributed by atoms with van der Waals surface area (Å²) in [5, 5.41) is 9.90. The summed E-state index contributed by atoms with van der Waals surface area (Å²) in [6, 6.07) is 5.73. The zero-order chi connectivity index (χ0) is 19.8. The van der Waals surface area contributed by atoms with E-state index >= 15 is 0 Å². The van der Waals surface area contributed by atoms with E-state index < -0.39 is 27.9 Å². The molecule has 1 amide bonds. The molecule has 0 aliphatic carbocycles. The fourth-order valence-electron chi connectivity index (χ4n) is 2.32. The van der Waals surface area contributed by atoms with Crippen LogP contribution in [0.15, 0.2) is 35.1 Å². The molecule has 0 radical (unpaired) electrons. The minimum atomic E-state index is -4.67. The highest BCUT2D eigenvalue weighted by atomic mass is 79.9. The number of rotatable bonds is 4. The minimum Gasteiger partial charge on any atom is -0.288 e. The smallest absolute Gasteiger partial charge is 0.288 e. The van der Waals surface area contributed by atoms with Crippen molar-refractivity contribution >= 4 is 27.8 Å². The number of hydrogen-bond acceptors (Lipinski definition) is 4. The van der Waals surface area contributed by atoms with E-state index in [0.29, 0.717) is 4.68 Å². The van der Waals surface area contributed by atoms with Crippen molar-refractivity contribution in [2.24, 2.45) is 7.05 Å². The van der Waals surface area contributed by atoms with E-state index in [1.54, 1.807) is 12.1 Å². The summed E-state index contributed by atoms with van der Waals surface area (Å²) in [5.74, 6) is -1.37. The van der Waals surface area contributed by atoms with Gasteiger partial charge in [-0.1, -0.05) is 12.1 Å². The van der Waals surface area contributed by atoms with Gasteiger partial charge in [-0.25, -0.2) is 14.1 Å². The van der Waals surface area contributed by atoms with Gasteiger partial charge in [0.2, 0.25) is 5.95 Å². The molecule has 0 saturated heterocycles. The van der Waals surface area contributed by atoms with Crippen LogP contribution in [0.5, 0.6) is 0 Å². The fourth-order valence-corrected chi connectivity index (χ4v) is 3.06. The van der Waals surface area contributed by atoms with Crippen molar-refractivity contribution in [2.45, 2.75) is 12.7 Å². The van der Waals surface area contributed by atoms with Crippen molar-refractivity contribution in [3.63, 3.8) is 0 Å². The van der Waals surface area contributed by atoms with Crippen LogP contribution in [-0.4, -0.2) is 30.5 Å². The number of alkyl halides is 3. The van der Waals surface area contributed by atoms with Crippen molar-refractivity contribution in [1.29, 1.82) is 0 Å². The van der Waals surface area contributed by atoms with Gasteiger partial charge in [-0.05, 0) is 33.6 Å². The summed E-state index contributed by atoms with van der Waals surface area (Å²) in [4.78, 5) is 16.1. The highest BCUT2D eigenvalue weighted by Crippen LogP contribution is 2.36. The summed E-state index contributed by atoms with van der Waals surface area (Å²) in [7, 11) is 1.08. The second kappa shape index (κ2) is 7.10. The standard InChI is InChI=1S/C15H11BrF4N6O/c1-25-12(15(18,19)20)10(16)11(23-25)13(27)22-14-21-7-26(24-14)6-8-2-4-9(17)5-3-8/h2-5,7H,6H2,1H3,(H,22,24,27). The molecule has 0 aliphatic rings. The van der Waals surface area contributed by atoms with Crippen LogP contribution in [0.4, 0.5) is 23.5 Å². The summed E-state index contributed by atoms with van der Waals surface area (Å²) >= 11 is 2.77. The van der Waals surface area contributed by atoms with Gasteiger partial charge in [-0.15, -0.1) is 5.10 Å². The second-order valence-electron chi connectivity index (χ2n) is 5.48. The SMILES string of the molecule is Cn1nc(C(=O)Nc2ncn(Cc3ccc(F)cc3)n2)c(Br)c1C(F)(F)F. The van der Waals surface area contributed by atoms with Crippen LogP contribution in [0.2, 0.25) is 0 Å². The lowest BCUT2D eigenvalue weighted by Gasteiger charge is -2.06. The topological polar surface area (TPSA) is 77.6 Å². The summed E-state index contributed by atoms with van der Waals surface area (Å²) in [6.45, 7) is 0.272. The molecule has 0 spiro atoms. The molecule has 0 atom stereocenters. The maximum atomic E-state index is 13.0. The van der Waals surface area contributed by atoms with Gasteiger partial charge in [0.05, 0.1) is 11.0 Å². The monoisotopic (exact) mass is 446 g/mol. The maximum Gasteiger partial charge on any atom is 0.434 e. The molecular formula is C15H11BrF4N6O. The van der Waals surface area contributed by atoms with Gasteiger partial charge in [-0.3, -0.25) is 14.8 Å². The highest BCUT2D eigenvalue weighted by molar-refractivity contribution is 9.10. The number of hydrogen-bond donors (Lipinski definition) is 1. The van der Waals surface area contributed by atoms with Crippen LogP contribution >= 0.6 is 15.9 Å². The molecule has 0 bridgehead atoms. The number of anilines is 1. The van der Waals surface area contributed by atoms with E-state index in [0.717, 1.165) is 12.6 Å². The second-order valence-corrected chi connectivity index (χ2v) is 6.27. The van der Waals surface area contributed by atoms with Crippen molar-refractivity contribution < 1.29 is 22.4 Å². The Morgan fingerprint density at radius 1 is 1.22 bits per heavy atom. The molecule has 0 aliphatic heterocycles. The Kier molecular flexibility index (Phi) is 5.00. The van der Waals surface area contributed by atoms with E-state index in [9.17, 15) is 22.4 Å². The molecule has 1 aromatic carbocycles. The van der Waals surface area contributed by atoms with Crippen molar-refractivity contribution in [3.05, 3.63) is 57.8 Å². The molecule has 0 saturated carbocycles. The zero-order valence-corrected chi connectivity index (χ0v) is 15.2. The maximum absolute atomic E-state index is 13.0. The third-order valence-corrected chi connectivity index (χ3v) is 4.24. The van der Waals surface area contributed by atoms with E-state index in [1.165, 1.54) is 23.1 Å². The molecule has 27 heavy (non-hydrogen) atoms. The molecule has 0 unspecified atom stereocenters. The predicted molar refractivity (Wildman–Crippen MR) is 89.4 cm³/mol. The van der Waals surface area contributed by atoms with Crippen LogP contribution in [0, 0.1) is 5.82 Å². The minimum absolute atomic E-state index is 0.103. The van der Waals surface area contributed by atoms with Crippen LogP contribution in [0.25, 0.3) is 0 Å².